The Morgan fingerprint density at radius 2 is 2.40 bits per heavy atom. The number of hydrazine groups is 1. The molecule has 1 fully saturated rings. The predicted octanol–water partition coefficient (Wildman–Crippen LogP) is 1.60. The van der Waals surface area contributed by atoms with Crippen LogP contribution < -0.4 is 11.3 Å². The molecule has 1 aromatic heterocycles. The van der Waals surface area contributed by atoms with Crippen LogP contribution in [0.4, 0.5) is 0 Å². The van der Waals surface area contributed by atoms with Crippen molar-refractivity contribution in [2.24, 2.45) is 11.3 Å². The third-order valence-corrected chi connectivity index (χ3v) is 3.38. The van der Waals surface area contributed by atoms with Gasteiger partial charge in [-0.05, 0) is 30.7 Å². The van der Waals surface area contributed by atoms with Crippen LogP contribution in [-0.4, -0.2) is 9.78 Å². The molecule has 1 aromatic rings. The minimum Gasteiger partial charge on any atom is -0.271 e. The van der Waals surface area contributed by atoms with Gasteiger partial charge in [0, 0.05) is 12.7 Å². The predicted molar refractivity (Wildman–Crippen MR) is 59.9 cm³/mol. The van der Waals surface area contributed by atoms with Gasteiger partial charge in [-0.3, -0.25) is 16.0 Å². The lowest BCUT2D eigenvalue weighted by atomic mass is 9.96. The highest BCUT2D eigenvalue weighted by Gasteiger charge is 2.46. The maximum atomic E-state index is 5.66. The molecule has 1 heterocycles. The van der Waals surface area contributed by atoms with Crippen LogP contribution in [0.15, 0.2) is 12.3 Å². The smallest absolute Gasteiger partial charge is 0.0682 e. The van der Waals surface area contributed by atoms with Gasteiger partial charge in [0.15, 0.2) is 0 Å². The summed E-state index contributed by atoms with van der Waals surface area (Å²) < 4.78 is 2.06. The Labute approximate surface area is 90.8 Å². The molecule has 3 N–H and O–H groups in total. The molecule has 0 aromatic carbocycles. The first-order valence-electron chi connectivity index (χ1n) is 5.69. The molecule has 0 bridgehead atoms. The van der Waals surface area contributed by atoms with Gasteiger partial charge in [-0.15, -0.1) is 0 Å². The van der Waals surface area contributed by atoms with Crippen molar-refractivity contribution in [2.75, 3.05) is 0 Å². The maximum Gasteiger partial charge on any atom is 0.0682 e. The van der Waals surface area contributed by atoms with E-state index < -0.39 is 0 Å². The van der Waals surface area contributed by atoms with E-state index in [4.69, 9.17) is 5.84 Å². The number of hydrogen-bond acceptors (Lipinski definition) is 3. The molecule has 4 heteroatoms. The van der Waals surface area contributed by atoms with E-state index in [1.165, 1.54) is 18.5 Å². The zero-order chi connectivity index (χ0) is 10.9. The number of aromatic nitrogens is 2. The first-order chi connectivity index (χ1) is 7.21. The summed E-state index contributed by atoms with van der Waals surface area (Å²) in [6, 6.07) is 2.32. The number of nitrogens with zero attached hydrogens (tertiary/aromatic N) is 2. The molecule has 1 aliphatic carbocycles. The molecule has 15 heavy (non-hydrogen) atoms. The van der Waals surface area contributed by atoms with E-state index in [-0.39, 0.29) is 6.04 Å². The fourth-order valence-electron chi connectivity index (χ4n) is 2.12. The van der Waals surface area contributed by atoms with Crippen molar-refractivity contribution < 1.29 is 0 Å². The molecule has 2 rings (SSSR count). The van der Waals surface area contributed by atoms with Crippen LogP contribution >= 0.6 is 0 Å². The highest BCUT2D eigenvalue weighted by Crippen LogP contribution is 2.54. The van der Waals surface area contributed by atoms with Crippen LogP contribution in [-0.2, 0) is 6.54 Å². The van der Waals surface area contributed by atoms with Crippen molar-refractivity contribution >= 4 is 0 Å². The Hall–Kier alpha value is -0.870. The van der Waals surface area contributed by atoms with Gasteiger partial charge in [0.2, 0.25) is 0 Å². The van der Waals surface area contributed by atoms with Gasteiger partial charge in [0.05, 0.1) is 11.7 Å². The Morgan fingerprint density at radius 3 is 2.93 bits per heavy atom. The van der Waals surface area contributed by atoms with E-state index in [1.54, 1.807) is 0 Å². The van der Waals surface area contributed by atoms with E-state index in [1.807, 2.05) is 6.20 Å². The highest BCUT2D eigenvalue weighted by molar-refractivity contribution is 5.15. The number of nitrogens with two attached hydrogens (primary N) is 1. The lowest BCUT2D eigenvalue weighted by Crippen LogP contribution is -2.35. The molecule has 84 valence electrons. The van der Waals surface area contributed by atoms with Gasteiger partial charge in [-0.1, -0.05) is 13.8 Å². The molecule has 0 amide bonds. The fourth-order valence-corrected chi connectivity index (χ4v) is 2.12. The molecule has 0 saturated heterocycles. The first-order valence-corrected chi connectivity index (χ1v) is 5.69. The summed E-state index contributed by atoms with van der Waals surface area (Å²) >= 11 is 0. The fraction of sp³-hybridized carbons (Fsp3) is 0.727. The Morgan fingerprint density at radius 1 is 1.67 bits per heavy atom. The van der Waals surface area contributed by atoms with Crippen LogP contribution in [0.5, 0.6) is 0 Å². The highest BCUT2D eigenvalue weighted by atomic mass is 15.3. The largest absolute Gasteiger partial charge is 0.271 e. The molecule has 1 atom stereocenters. The van der Waals surface area contributed by atoms with Gasteiger partial charge in [0.1, 0.15) is 0 Å². The third kappa shape index (κ3) is 1.92. The summed E-state index contributed by atoms with van der Waals surface area (Å²) in [6.07, 6.45) is 5.46. The zero-order valence-corrected chi connectivity index (χ0v) is 9.53. The summed E-state index contributed by atoms with van der Waals surface area (Å²) in [7, 11) is 0. The SMILES string of the molecule is CCCn1nccc1C(NN)C1(C)CC1. The minimum absolute atomic E-state index is 0.242. The monoisotopic (exact) mass is 208 g/mol. The molecular formula is C11H20N4. The second-order valence-electron chi connectivity index (χ2n) is 4.73. The summed E-state index contributed by atoms with van der Waals surface area (Å²) in [5, 5.41) is 4.34. The van der Waals surface area contributed by atoms with Crippen molar-refractivity contribution in [3.8, 4) is 0 Å². The molecular weight excluding hydrogens is 188 g/mol. The number of rotatable bonds is 5. The normalized spacial score (nSPS) is 20.2. The lowest BCUT2D eigenvalue weighted by molar-refractivity contribution is 0.346. The summed E-state index contributed by atoms with van der Waals surface area (Å²) in [5.41, 5.74) is 4.50. The van der Waals surface area contributed by atoms with Crippen LogP contribution in [0.1, 0.15) is 44.8 Å². The van der Waals surface area contributed by atoms with Crippen molar-refractivity contribution in [1.82, 2.24) is 15.2 Å². The summed E-state index contributed by atoms with van der Waals surface area (Å²) in [4.78, 5) is 0. The van der Waals surface area contributed by atoms with Crippen LogP contribution in [0.3, 0.4) is 0 Å². The molecule has 0 aliphatic heterocycles. The van der Waals surface area contributed by atoms with Crippen molar-refractivity contribution in [1.29, 1.82) is 0 Å². The first kappa shape index (κ1) is 10.6. The second kappa shape index (κ2) is 3.94. The summed E-state index contributed by atoms with van der Waals surface area (Å²) in [5.74, 6) is 5.66. The van der Waals surface area contributed by atoms with Crippen molar-refractivity contribution in [3.05, 3.63) is 18.0 Å². The minimum atomic E-state index is 0.242. The molecule has 1 unspecified atom stereocenters. The number of nitrogens with one attached hydrogen (secondary N) is 1. The quantitative estimate of drug-likeness (QED) is 0.571. The maximum absolute atomic E-state index is 5.66. The molecule has 4 nitrogen and oxygen atoms in total. The van der Waals surface area contributed by atoms with E-state index in [9.17, 15) is 0 Å². The Balaban J connectivity index is 2.22. The van der Waals surface area contributed by atoms with E-state index >= 15 is 0 Å². The molecule has 1 aliphatic rings. The van der Waals surface area contributed by atoms with Crippen molar-refractivity contribution in [3.63, 3.8) is 0 Å². The Bertz CT molecular complexity index is 327. The number of aryl methyl sites for hydroxylation is 1. The molecule has 1 saturated carbocycles. The second-order valence-corrected chi connectivity index (χ2v) is 4.73. The van der Waals surface area contributed by atoms with Crippen molar-refractivity contribution in [2.45, 2.75) is 45.7 Å². The topological polar surface area (TPSA) is 55.9 Å². The lowest BCUT2D eigenvalue weighted by Gasteiger charge is -2.23. The van der Waals surface area contributed by atoms with E-state index in [0.29, 0.717) is 5.41 Å². The van der Waals surface area contributed by atoms with E-state index in [2.05, 4.69) is 35.1 Å². The standard InChI is InChI=1S/C11H20N4/c1-3-8-15-9(4-7-13-15)10(14-12)11(2)5-6-11/h4,7,10,14H,3,5-6,8,12H2,1-2H3. The number of hydrogen-bond donors (Lipinski definition) is 2. The third-order valence-electron chi connectivity index (χ3n) is 3.38. The van der Waals surface area contributed by atoms with Crippen LogP contribution in [0, 0.1) is 5.41 Å². The molecule has 0 spiro atoms. The summed E-state index contributed by atoms with van der Waals surface area (Å²) in [6.45, 7) is 5.41. The van der Waals surface area contributed by atoms with Gasteiger partial charge in [0.25, 0.3) is 0 Å². The van der Waals surface area contributed by atoms with Gasteiger partial charge < -0.3 is 0 Å². The average molecular weight is 208 g/mol. The van der Waals surface area contributed by atoms with Gasteiger partial charge >= 0.3 is 0 Å². The van der Waals surface area contributed by atoms with Gasteiger partial charge in [-0.25, -0.2) is 0 Å². The van der Waals surface area contributed by atoms with E-state index in [0.717, 1.165) is 13.0 Å². The zero-order valence-electron chi connectivity index (χ0n) is 9.53. The molecule has 0 radical (unpaired) electrons. The average Bonchev–Trinajstić information content (AvgIpc) is 2.78. The van der Waals surface area contributed by atoms with Gasteiger partial charge in [-0.2, -0.15) is 5.10 Å². The Kier molecular flexibility index (Phi) is 2.80. The van der Waals surface area contributed by atoms with Crippen LogP contribution in [0.25, 0.3) is 0 Å². The van der Waals surface area contributed by atoms with Crippen LogP contribution in [0.2, 0.25) is 0 Å².